The molecule has 3 N–H and O–H groups in total. The van der Waals surface area contributed by atoms with E-state index in [0.717, 1.165) is 19.6 Å². The van der Waals surface area contributed by atoms with Crippen LogP contribution in [0.2, 0.25) is 0 Å². The third-order valence-electron chi connectivity index (χ3n) is 2.44. The van der Waals surface area contributed by atoms with Gasteiger partial charge in [0.05, 0.1) is 0 Å². The first-order valence-corrected chi connectivity index (χ1v) is 4.87. The third kappa shape index (κ3) is 2.44. The Bertz CT molecular complexity index is 136. The minimum absolute atomic E-state index is 0.312. The van der Waals surface area contributed by atoms with E-state index in [1.807, 2.05) is 0 Å². The molecule has 1 aliphatic heterocycles. The standard InChI is InChI=1S/C9H21N3/c1-4-12-5-8(10)9(6-12)11-7(2)3/h7-9,11H,4-6,10H2,1-3H3/t8-,9-/m0/s1. The van der Waals surface area contributed by atoms with Crippen molar-refractivity contribution in [3.05, 3.63) is 0 Å². The molecule has 0 aromatic heterocycles. The summed E-state index contributed by atoms with van der Waals surface area (Å²) in [6.45, 7) is 9.79. The van der Waals surface area contributed by atoms with Gasteiger partial charge in [-0.3, -0.25) is 0 Å². The Labute approximate surface area is 75.3 Å². The molecule has 1 aliphatic rings. The van der Waals surface area contributed by atoms with Crippen LogP contribution in [0.5, 0.6) is 0 Å². The van der Waals surface area contributed by atoms with Crippen molar-refractivity contribution in [2.24, 2.45) is 5.73 Å². The Balaban J connectivity index is 2.35. The van der Waals surface area contributed by atoms with E-state index in [2.05, 4.69) is 31.0 Å². The monoisotopic (exact) mass is 171 g/mol. The lowest BCUT2D eigenvalue weighted by Gasteiger charge is -2.19. The van der Waals surface area contributed by atoms with E-state index in [1.165, 1.54) is 0 Å². The van der Waals surface area contributed by atoms with Crippen LogP contribution in [0.25, 0.3) is 0 Å². The van der Waals surface area contributed by atoms with Crippen LogP contribution < -0.4 is 11.1 Å². The Morgan fingerprint density at radius 1 is 1.50 bits per heavy atom. The first kappa shape index (κ1) is 9.96. The van der Waals surface area contributed by atoms with Crippen molar-refractivity contribution in [2.45, 2.75) is 38.9 Å². The first-order valence-electron chi connectivity index (χ1n) is 4.87. The van der Waals surface area contributed by atoms with Gasteiger partial charge in [-0.25, -0.2) is 0 Å². The Morgan fingerprint density at radius 3 is 2.58 bits per heavy atom. The van der Waals surface area contributed by atoms with Gasteiger partial charge in [-0.2, -0.15) is 0 Å². The summed E-state index contributed by atoms with van der Waals surface area (Å²) in [6.07, 6.45) is 0. The van der Waals surface area contributed by atoms with E-state index >= 15 is 0 Å². The summed E-state index contributed by atoms with van der Waals surface area (Å²) in [5.74, 6) is 0. The summed E-state index contributed by atoms with van der Waals surface area (Å²) in [5.41, 5.74) is 5.99. The molecule has 0 amide bonds. The zero-order valence-electron chi connectivity index (χ0n) is 8.38. The highest BCUT2D eigenvalue weighted by Crippen LogP contribution is 2.07. The Morgan fingerprint density at radius 2 is 2.17 bits per heavy atom. The molecule has 72 valence electrons. The van der Waals surface area contributed by atoms with Crippen LogP contribution in [-0.2, 0) is 0 Å². The quantitative estimate of drug-likeness (QED) is 0.629. The topological polar surface area (TPSA) is 41.3 Å². The van der Waals surface area contributed by atoms with Crippen LogP contribution in [-0.4, -0.2) is 42.7 Å². The van der Waals surface area contributed by atoms with Crippen molar-refractivity contribution in [3.63, 3.8) is 0 Å². The van der Waals surface area contributed by atoms with Crippen LogP contribution >= 0.6 is 0 Å². The van der Waals surface area contributed by atoms with Crippen molar-refractivity contribution in [1.82, 2.24) is 10.2 Å². The Hall–Kier alpha value is -0.120. The number of nitrogens with one attached hydrogen (secondary N) is 1. The molecule has 0 unspecified atom stereocenters. The summed E-state index contributed by atoms with van der Waals surface area (Å²) in [6, 6.07) is 1.34. The minimum Gasteiger partial charge on any atom is -0.325 e. The van der Waals surface area contributed by atoms with Crippen LogP contribution in [0.3, 0.4) is 0 Å². The molecule has 3 heteroatoms. The van der Waals surface area contributed by atoms with Gasteiger partial charge >= 0.3 is 0 Å². The molecule has 0 aromatic carbocycles. The number of likely N-dealkylation sites (tertiary alicyclic amines) is 1. The van der Waals surface area contributed by atoms with Crippen LogP contribution in [0.15, 0.2) is 0 Å². The predicted molar refractivity (Wildman–Crippen MR) is 52.1 cm³/mol. The zero-order valence-corrected chi connectivity index (χ0v) is 8.38. The van der Waals surface area contributed by atoms with Gasteiger partial charge in [-0.1, -0.05) is 20.8 Å². The Kier molecular flexibility index (Phi) is 3.50. The fraction of sp³-hybridized carbons (Fsp3) is 1.00. The maximum absolute atomic E-state index is 5.99. The molecule has 0 saturated carbocycles. The molecule has 1 fully saturated rings. The second-order valence-electron chi connectivity index (χ2n) is 3.94. The van der Waals surface area contributed by atoms with Crippen molar-refractivity contribution < 1.29 is 0 Å². The lowest BCUT2D eigenvalue weighted by Crippen LogP contribution is -2.46. The lowest BCUT2D eigenvalue weighted by atomic mass is 10.1. The van der Waals surface area contributed by atoms with Crippen molar-refractivity contribution in [2.75, 3.05) is 19.6 Å². The molecule has 3 nitrogen and oxygen atoms in total. The fourth-order valence-electron chi connectivity index (χ4n) is 1.78. The van der Waals surface area contributed by atoms with Gasteiger partial charge < -0.3 is 16.0 Å². The fourth-order valence-corrected chi connectivity index (χ4v) is 1.78. The maximum Gasteiger partial charge on any atom is 0.0361 e. The molecule has 0 radical (unpaired) electrons. The van der Waals surface area contributed by atoms with Gasteiger partial charge in [0.15, 0.2) is 0 Å². The number of nitrogens with two attached hydrogens (primary N) is 1. The predicted octanol–water partition coefficient (Wildman–Crippen LogP) is 0.0158. The highest BCUT2D eigenvalue weighted by atomic mass is 15.2. The number of nitrogens with zero attached hydrogens (tertiary/aromatic N) is 1. The average Bonchev–Trinajstić information content (AvgIpc) is 2.31. The van der Waals surface area contributed by atoms with Gasteiger partial charge in [-0.05, 0) is 6.54 Å². The molecule has 0 aliphatic carbocycles. The smallest absolute Gasteiger partial charge is 0.0361 e. The van der Waals surface area contributed by atoms with Crippen molar-refractivity contribution in [3.8, 4) is 0 Å². The van der Waals surface area contributed by atoms with Gasteiger partial charge in [0, 0.05) is 31.2 Å². The number of likely N-dealkylation sites (N-methyl/N-ethyl adjacent to an activating group) is 1. The molecular weight excluding hydrogens is 150 g/mol. The lowest BCUT2D eigenvalue weighted by molar-refractivity contribution is 0.341. The van der Waals surface area contributed by atoms with Crippen molar-refractivity contribution >= 4 is 0 Å². The van der Waals surface area contributed by atoms with Gasteiger partial charge in [0.2, 0.25) is 0 Å². The number of hydrogen-bond acceptors (Lipinski definition) is 3. The second kappa shape index (κ2) is 4.21. The normalized spacial score (nSPS) is 31.8. The molecule has 0 bridgehead atoms. The molecule has 0 spiro atoms. The third-order valence-corrected chi connectivity index (χ3v) is 2.44. The minimum atomic E-state index is 0.312. The van der Waals surface area contributed by atoms with E-state index in [4.69, 9.17) is 5.73 Å². The van der Waals surface area contributed by atoms with Crippen molar-refractivity contribution in [1.29, 1.82) is 0 Å². The van der Waals surface area contributed by atoms with Gasteiger partial charge in [-0.15, -0.1) is 0 Å². The van der Waals surface area contributed by atoms with Gasteiger partial charge in [0.25, 0.3) is 0 Å². The summed E-state index contributed by atoms with van der Waals surface area (Å²) in [5, 5.41) is 3.49. The molecular formula is C9H21N3. The molecule has 1 rings (SSSR count). The maximum atomic E-state index is 5.99. The van der Waals surface area contributed by atoms with E-state index in [-0.39, 0.29) is 0 Å². The molecule has 12 heavy (non-hydrogen) atoms. The van der Waals surface area contributed by atoms with Crippen LogP contribution in [0.1, 0.15) is 20.8 Å². The summed E-state index contributed by atoms with van der Waals surface area (Å²) >= 11 is 0. The van der Waals surface area contributed by atoms with E-state index < -0.39 is 0 Å². The number of rotatable bonds is 3. The molecule has 2 atom stereocenters. The molecule has 0 aromatic rings. The molecule has 1 saturated heterocycles. The van der Waals surface area contributed by atoms with E-state index in [9.17, 15) is 0 Å². The summed E-state index contributed by atoms with van der Waals surface area (Å²) < 4.78 is 0. The summed E-state index contributed by atoms with van der Waals surface area (Å²) in [7, 11) is 0. The van der Waals surface area contributed by atoms with E-state index in [1.54, 1.807) is 0 Å². The van der Waals surface area contributed by atoms with E-state index in [0.29, 0.717) is 18.1 Å². The van der Waals surface area contributed by atoms with Gasteiger partial charge in [0.1, 0.15) is 0 Å². The zero-order chi connectivity index (χ0) is 9.14. The SMILES string of the molecule is CCN1C[C@H](NC(C)C)[C@@H](N)C1. The first-order chi connectivity index (χ1) is 5.63. The highest BCUT2D eigenvalue weighted by Gasteiger charge is 2.28. The van der Waals surface area contributed by atoms with Crippen LogP contribution in [0.4, 0.5) is 0 Å². The highest BCUT2D eigenvalue weighted by molar-refractivity contribution is 4.92. The summed E-state index contributed by atoms with van der Waals surface area (Å²) in [4.78, 5) is 2.39. The average molecular weight is 171 g/mol. The largest absolute Gasteiger partial charge is 0.325 e. The van der Waals surface area contributed by atoms with Crippen LogP contribution in [0, 0.1) is 0 Å². The second-order valence-corrected chi connectivity index (χ2v) is 3.94. The number of hydrogen-bond donors (Lipinski definition) is 2. The molecule has 1 heterocycles.